The van der Waals surface area contributed by atoms with E-state index in [1.807, 2.05) is 0 Å². The van der Waals surface area contributed by atoms with Crippen LogP contribution in [0.1, 0.15) is 17.5 Å². The standard InChI is InChI=1S/C11H13BrO/c12-7-6-10-4-1-3-9-5-2-8-13-11(9)10/h1,3-4H,2,5-8H2. The molecule has 2 heteroatoms. The molecule has 0 saturated heterocycles. The number of halogens is 1. The lowest BCUT2D eigenvalue weighted by Crippen LogP contribution is -2.10. The molecular weight excluding hydrogens is 228 g/mol. The Balaban J connectivity index is 2.34. The molecule has 1 heterocycles. The lowest BCUT2D eigenvalue weighted by atomic mass is 10.0. The van der Waals surface area contributed by atoms with Gasteiger partial charge in [0, 0.05) is 5.33 Å². The summed E-state index contributed by atoms with van der Waals surface area (Å²) in [5.74, 6) is 1.15. The number of rotatable bonds is 2. The van der Waals surface area contributed by atoms with Crippen LogP contribution in [0.2, 0.25) is 0 Å². The largest absolute Gasteiger partial charge is 0.493 e. The number of hydrogen-bond donors (Lipinski definition) is 0. The third kappa shape index (κ3) is 1.88. The van der Waals surface area contributed by atoms with Crippen molar-refractivity contribution in [2.75, 3.05) is 11.9 Å². The fraction of sp³-hybridized carbons (Fsp3) is 0.455. The van der Waals surface area contributed by atoms with Gasteiger partial charge < -0.3 is 4.74 Å². The van der Waals surface area contributed by atoms with Gasteiger partial charge in [0.05, 0.1) is 6.61 Å². The molecule has 13 heavy (non-hydrogen) atoms. The Labute approximate surface area is 87.2 Å². The predicted octanol–water partition coefficient (Wildman–Crippen LogP) is 2.95. The van der Waals surface area contributed by atoms with Gasteiger partial charge in [-0.2, -0.15) is 0 Å². The van der Waals surface area contributed by atoms with Crippen LogP contribution in [-0.4, -0.2) is 11.9 Å². The van der Waals surface area contributed by atoms with Crippen LogP contribution in [0.15, 0.2) is 18.2 Å². The first-order valence-corrected chi connectivity index (χ1v) is 5.83. The number of hydrogen-bond acceptors (Lipinski definition) is 1. The molecule has 1 aliphatic rings. The third-order valence-corrected chi connectivity index (χ3v) is 2.78. The van der Waals surface area contributed by atoms with E-state index in [9.17, 15) is 0 Å². The molecule has 1 aromatic rings. The molecule has 0 N–H and O–H groups in total. The maximum atomic E-state index is 5.69. The normalized spacial score (nSPS) is 14.8. The highest BCUT2D eigenvalue weighted by Crippen LogP contribution is 2.29. The van der Waals surface area contributed by atoms with Crippen molar-refractivity contribution in [1.82, 2.24) is 0 Å². The Hall–Kier alpha value is -0.500. The molecule has 0 aliphatic carbocycles. The first-order valence-electron chi connectivity index (χ1n) is 4.71. The van der Waals surface area contributed by atoms with Crippen molar-refractivity contribution in [2.45, 2.75) is 19.3 Å². The van der Waals surface area contributed by atoms with Gasteiger partial charge in [0.1, 0.15) is 5.75 Å². The Morgan fingerprint density at radius 1 is 1.38 bits per heavy atom. The van der Waals surface area contributed by atoms with Gasteiger partial charge in [-0.15, -0.1) is 0 Å². The summed E-state index contributed by atoms with van der Waals surface area (Å²) >= 11 is 3.46. The molecule has 1 aromatic carbocycles. The monoisotopic (exact) mass is 240 g/mol. The second-order valence-corrected chi connectivity index (χ2v) is 4.09. The highest BCUT2D eigenvalue weighted by Gasteiger charge is 2.13. The lowest BCUT2D eigenvalue weighted by molar-refractivity contribution is 0.285. The molecule has 0 atom stereocenters. The zero-order valence-corrected chi connectivity index (χ0v) is 9.14. The van der Waals surface area contributed by atoms with Gasteiger partial charge in [-0.3, -0.25) is 0 Å². The van der Waals surface area contributed by atoms with E-state index in [4.69, 9.17) is 4.74 Å². The van der Waals surface area contributed by atoms with Crippen molar-refractivity contribution in [3.8, 4) is 5.75 Å². The van der Waals surface area contributed by atoms with E-state index >= 15 is 0 Å². The average Bonchev–Trinajstić information content (AvgIpc) is 2.19. The molecule has 0 bridgehead atoms. The number of fused-ring (bicyclic) bond motifs is 1. The topological polar surface area (TPSA) is 9.23 Å². The number of ether oxygens (including phenoxy) is 1. The van der Waals surface area contributed by atoms with Crippen molar-refractivity contribution in [1.29, 1.82) is 0 Å². The van der Waals surface area contributed by atoms with Crippen molar-refractivity contribution in [3.63, 3.8) is 0 Å². The predicted molar refractivity (Wildman–Crippen MR) is 57.8 cm³/mol. The summed E-state index contributed by atoms with van der Waals surface area (Å²) in [6, 6.07) is 6.46. The SMILES string of the molecule is BrCCc1cccc2c1OCCC2. The van der Waals surface area contributed by atoms with Gasteiger partial charge >= 0.3 is 0 Å². The quantitative estimate of drug-likeness (QED) is 0.723. The second-order valence-electron chi connectivity index (χ2n) is 3.30. The molecule has 2 rings (SSSR count). The zero-order valence-electron chi connectivity index (χ0n) is 7.55. The van der Waals surface area contributed by atoms with E-state index in [2.05, 4.69) is 34.1 Å². The van der Waals surface area contributed by atoms with E-state index in [-0.39, 0.29) is 0 Å². The summed E-state index contributed by atoms with van der Waals surface area (Å²) in [7, 11) is 0. The van der Waals surface area contributed by atoms with Crippen LogP contribution in [0.3, 0.4) is 0 Å². The van der Waals surface area contributed by atoms with Gasteiger partial charge in [0.15, 0.2) is 0 Å². The van der Waals surface area contributed by atoms with Gasteiger partial charge in [0.2, 0.25) is 0 Å². The van der Waals surface area contributed by atoms with E-state index in [0.29, 0.717) is 0 Å². The van der Waals surface area contributed by atoms with Crippen LogP contribution in [0.4, 0.5) is 0 Å². The Kier molecular flexibility index (Phi) is 2.89. The van der Waals surface area contributed by atoms with Crippen molar-refractivity contribution >= 4 is 15.9 Å². The summed E-state index contributed by atoms with van der Waals surface area (Å²) in [6.07, 6.45) is 3.39. The van der Waals surface area contributed by atoms with Gasteiger partial charge in [-0.1, -0.05) is 34.1 Å². The van der Waals surface area contributed by atoms with Gasteiger partial charge in [-0.25, -0.2) is 0 Å². The summed E-state index contributed by atoms with van der Waals surface area (Å²) in [6.45, 7) is 0.881. The number of aryl methyl sites for hydroxylation is 2. The highest BCUT2D eigenvalue weighted by molar-refractivity contribution is 9.09. The highest BCUT2D eigenvalue weighted by atomic mass is 79.9. The molecule has 1 nitrogen and oxygen atoms in total. The van der Waals surface area contributed by atoms with Gasteiger partial charge in [0.25, 0.3) is 0 Å². The minimum absolute atomic E-state index is 0.881. The van der Waals surface area contributed by atoms with Crippen LogP contribution in [0.25, 0.3) is 0 Å². The Bertz CT molecular complexity index is 296. The van der Waals surface area contributed by atoms with Crippen LogP contribution in [-0.2, 0) is 12.8 Å². The number of alkyl halides is 1. The summed E-state index contributed by atoms with van der Waals surface area (Å²) in [5.41, 5.74) is 2.72. The molecule has 0 spiro atoms. The molecule has 1 aliphatic heterocycles. The molecule has 0 radical (unpaired) electrons. The average molecular weight is 241 g/mol. The summed E-state index contributed by atoms with van der Waals surface area (Å²) in [5, 5.41) is 1.01. The van der Waals surface area contributed by atoms with Crippen molar-refractivity contribution < 1.29 is 4.74 Å². The molecule has 0 saturated carbocycles. The number of para-hydroxylation sites is 1. The van der Waals surface area contributed by atoms with Crippen LogP contribution < -0.4 is 4.74 Å². The molecule has 0 unspecified atom stereocenters. The Morgan fingerprint density at radius 2 is 2.31 bits per heavy atom. The molecule has 0 fully saturated rings. The second kappa shape index (κ2) is 4.14. The maximum absolute atomic E-state index is 5.69. The molecule has 0 aromatic heterocycles. The molecule has 0 amide bonds. The first-order chi connectivity index (χ1) is 6.42. The summed E-state index contributed by atoms with van der Waals surface area (Å²) in [4.78, 5) is 0. The van der Waals surface area contributed by atoms with Crippen LogP contribution >= 0.6 is 15.9 Å². The minimum Gasteiger partial charge on any atom is -0.493 e. The first kappa shape index (κ1) is 9.07. The summed E-state index contributed by atoms with van der Waals surface area (Å²) < 4.78 is 5.69. The van der Waals surface area contributed by atoms with Crippen LogP contribution in [0.5, 0.6) is 5.75 Å². The molecular formula is C11H13BrO. The van der Waals surface area contributed by atoms with E-state index in [0.717, 1.165) is 30.5 Å². The fourth-order valence-corrected chi connectivity index (χ4v) is 2.18. The number of benzene rings is 1. The minimum atomic E-state index is 0.881. The van der Waals surface area contributed by atoms with Crippen molar-refractivity contribution in [3.05, 3.63) is 29.3 Å². The van der Waals surface area contributed by atoms with Gasteiger partial charge in [-0.05, 0) is 30.4 Å². The smallest absolute Gasteiger partial charge is 0.125 e. The maximum Gasteiger partial charge on any atom is 0.125 e. The lowest BCUT2D eigenvalue weighted by Gasteiger charge is -2.19. The zero-order chi connectivity index (χ0) is 9.10. The third-order valence-electron chi connectivity index (χ3n) is 2.38. The van der Waals surface area contributed by atoms with Crippen molar-refractivity contribution in [2.24, 2.45) is 0 Å². The van der Waals surface area contributed by atoms with E-state index in [1.54, 1.807) is 0 Å². The fourth-order valence-electron chi connectivity index (χ4n) is 1.76. The van der Waals surface area contributed by atoms with E-state index < -0.39 is 0 Å². The Morgan fingerprint density at radius 3 is 3.15 bits per heavy atom. The van der Waals surface area contributed by atoms with Crippen LogP contribution in [0, 0.1) is 0 Å². The molecule has 70 valence electrons. The van der Waals surface area contributed by atoms with E-state index in [1.165, 1.54) is 17.5 Å².